The van der Waals surface area contributed by atoms with Crippen LogP contribution in [-0.4, -0.2) is 60.9 Å². The Balaban J connectivity index is 1.65. The maximum atomic E-state index is 12.8. The quantitative estimate of drug-likeness (QED) is 0.912. The second-order valence-corrected chi connectivity index (χ2v) is 7.08. The third kappa shape index (κ3) is 3.03. The SMILES string of the molecule is CNCC1CCN(C(=O)C2CCCN2C(=O)c2cccs2)C1. The standard InChI is InChI=1S/C16H23N3O2S/c1-17-10-12-6-8-18(11-12)15(20)13-4-2-7-19(13)16(21)14-5-3-9-22-14/h3,5,9,12-13,17H,2,4,6-8,10-11H2,1H3. The second kappa shape index (κ2) is 6.79. The van der Waals surface area contributed by atoms with Crippen molar-refractivity contribution < 1.29 is 9.59 Å². The van der Waals surface area contributed by atoms with Gasteiger partial charge in [-0.15, -0.1) is 11.3 Å². The number of hydrogen-bond acceptors (Lipinski definition) is 4. The first kappa shape index (κ1) is 15.5. The zero-order chi connectivity index (χ0) is 15.5. The number of hydrogen-bond donors (Lipinski definition) is 1. The molecule has 1 N–H and O–H groups in total. The third-order valence-corrected chi connectivity index (χ3v) is 5.48. The molecule has 2 fully saturated rings. The van der Waals surface area contributed by atoms with E-state index in [2.05, 4.69) is 5.32 Å². The van der Waals surface area contributed by atoms with E-state index in [9.17, 15) is 9.59 Å². The number of nitrogens with one attached hydrogen (secondary N) is 1. The van der Waals surface area contributed by atoms with Crippen LogP contribution < -0.4 is 5.32 Å². The Kier molecular flexibility index (Phi) is 4.78. The normalized spacial score (nSPS) is 25.0. The Morgan fingerprint density at radius 2 is 2.23 bits per heavy atom. The van der Waals surface area contributed by atoms with Crippen LogP contribution in [0.5, 0.6) is 0 Å². The van der Waals surface area contributed by atoms with Gasteiger partial charge in [0.05, 0.1) is 4.88 Å². The zero-order valence-corrected chi connectivity index (χ0v) is 13.8. The highest BCUT2D eigenvalue weighted by molar-refractivity contribution is 7.12. The molecule has 0 aliphatic carbocycles. The monoisotopic (exact) mass is 321 g/mol. The van der Waals surface area contributed by atoms with Crippen molar-refractivity contribution in [3.63, 3.8) is 0 Å². The first-order valence-corrected chi connectivity index (χ1v) is 8.86. The summed E-state index contributed by atoms with van der Waals surface area (Å²) in [6.07, 6.45) is 2.77. The summed E-state index contributed by atoms with van der Waals surface area (Å²) in [4.78, 5) is 29.8. The molecule has 2 unspecified atom stereocenters. The zero-order valence-electron chi connectivity index (χ0n) is 13.0. The van der Waals surface area contributed by atoms with Gasteiger partial charge in [0.1, 0.15) is 6.04 Å². The fourth-order valence-corrected chi connectivity index (χ4v) is 4.19. The first-order valence-electron chi connectivity index (χ1n) is 7.98. The maximum Gasteiger partial charge on any atom is 0.264 e. The number of thiophene rings is 1. The van der Waals surface area contributed by atoms with Crippen LogP contribution in [0.1, 0.15) is 28.9 Å². The number of rotatable bonds is 4. The van der Waals surface area contributed by atoms with Crippen molar-refractivity contribution in [3.8, 4) is 0 Å². The van der Waals surface area contributed by atoms with Gasteiger partial charge in [0.25, 0.3) is 5.91 Å². The lowest BCUT2D eigenvalue weighted by Gasteiger charge is -2.27. The van der Waals surface area contributed by atoms with Crippen LogP contribution in [0.2, 0.25) is 0 Å². The molecular formula is C16H23N3O2S. The molecule has 0 aromatic carbocycles. The number of carbonyl (C=O) groups is 2. The topological polar surface area (TPSA) is 52.7 Å². The highest BCUT2D eigenvalue weighted by atomic mass is 32.1. The molecule has 2 amide bonds. The molecule has 0 bridgehead atoms. The summed E-state index contributed by atoms with van der Waals surface area (Å²) in [6.45, 7) is 3.28. The molecule has 1 aromatic rings. The van der Waals surface area contributed by atoms with E-state index in [-0.39, 0.29) is 17.9 Å². The van der Waals surface area contributed by atoms with Crippen molar-refractivity contribution in [2.24, 2.45) is 5.92 Å². The van der Waals surface area contributed by atoms with E-state index in [0.717, 1.165) is 43.8 Å². The van der Waals surface area contributed by atoms with Crippen LogP contribution in [0.3, 0.4) is 0 Å². The van der Waals surface area contributed by atoms with E-state index in [4.69, 9.17) is 0 Å². The van der Waals surface area contributed by atoms with Gasteiger partial charge in [0, 0.05) is 19.6 Å². The smallest absolute Gasteiger partial charge is 0.264 e. The maximum absolute atomic E-state index is 12.8. The average Bonchev–Trinajstić information content (AvgIpc) is 3.26. The van der Waals surface area contributed by atoms with Crippen molar-refractivity contribution in [3.05, 3.63) is 22.4 Å². The predicted molar refractivity (Wildman–Crippen MR) is 87.0 cm³/mol. The molecular weight excluding hydrogens is 298 g/mol. The lowest BCUT2D eigenvalue weighted by Crippen LogP contribution is -2.47. The Morgan fingerprint density at radius 1 is 1.36 bits per heavy atom. The fourth-order valence-electron chi connectivity index (χ4n) is 3.51. The van der Waals surface area contributed by atoms with Crippen molar-refractivity contribution in [2.45, 2.75) is 25.3 Å². The summed E-state index contributed by atoms with van der Waals surface area (Å²) in [5.41, 5.74) is 0. The molecule has 2 aliphatic heterocycles. The van der Waals surface area contributed by atoms with Gasteiger partial charge in [-0.05, 0) is 50.2 Å². The molecule has 0 saturated carbocycles. The molecule has 6 heteroatoms. The minimum Gasteiger partial charge on any atom is -0.341 e. The molecule has 0 radical (unpaired) electrons. The molecule has 22 heavy (non-hydrogen) atoms. The van der Waals surface area contributed by atoms with Crippen LogP contribution in [0.15, 0.2) is 17.5 Å². The molecule has 120 valence electrons. The molecule has 5 nitrogen and oxygen atoms in total. The lowest BCUT2D eigenvalue weighted by atomic mass is 10.1. The summed E-state index contributed by atoms with van der Waals surface area (Å²) >= 11 is 1.45. The van der Waals surface area contributed by atoms with E-state index >= 15 is 0 Å². The summed E-state index contributed by atoms with van der Waals surface area (Å²) in [5, 5.41) is 5.09. The van der Waals surface area contributed by atoms with Crippen molar-refractivity contribution >= 4 is 23.2 Å². The Hall–Kier alpha value is -1.40. The lowest BCUT2D eigenvalue weighted by molar-refractivity contribution is -0.134. The summed E-state index contributed by atoms with van der Waals surface area (Å²) in [7, 11) is 1.95. The van der Waals surface area contributed by atoms with Crippen LogP contribution >= 0.6 is 11.3 Å². The minimum absolute atomic E-state index is 0.0109. The Bertz CT molecular complexity index is 532. The van der Waals surface area contributed by atoms with Gasteiger partial charge in [-0.25, -0.2) is 0 Å². The molecule has 2 saturated heterocycles. The third-order valence-electron chi connectivity index (χ3n) is 4.62. The Morgan fingerprint density at radius 3 is 2.95 bits per heavy atom. The van der Waals surface area contributed by atoms with E-state index in [1.165, 1.54) is 11.3 Å². The predicted octanol–water partition coefficient (Wildman–Crippen LogP) is 1.42. The number of carbonyl (C=O) groups excluding carboxylic acids is 2. The van der Waals surface area contributed by atoms with E-state index in [1.54, 1.807) is 4.90 Å². The van der Waals surface area contributed by atoms with Gasteiger partial charge in [-0.1, -0.05) is 6.07 Å². The van der Waals surface area contributed by atoms with Gasteiger partial charge in [-0.3, -0.25) is 9.59 Å². The highest BCUT2D eigenvalue weighted by Gasteiger charge is 2.38. The largest absolute Gasteiger partial charge is 0.341 e. The summed E-state index contributed by atoms with van der Waals surface area (Å²) in [6, 6.07) is 3.46. The van der Waals surface area contributed by atoms with Gasteiger partial charge < -0.3 is 15.1 Å². The number of amides is 2. The fraction of sp³-hybridized carbons (Fsp3) is 0.625. The summed E-state index contributed by atoms with van der Waals surface area (Å²) < 4.78 is 0. The molecule has 2 aliphatic rings. The van der Waals surface area contributed by atoms with E-state index in [0.29, 0.717) is 12.5 Å². The Labute approximate surface area is 135 Å². The second-order valence-electron chi connectivity index (χ2n) is 6.13. The van der Waals surface area contributed by atoms with Crippen molar-refractivity contribution in [2.75, 3.05) is 33.2 Å². The van der Waals surface area contributed by atoms with Gasteiger partial charge >= 0.3 is 0 Å². The van der Waals surface area contributed by atoms with Gasteiger partial charge in [0.2, 0.25) is 5.91 Å². The molecule has 3 heterocycles. The van der Waals surface area contributed by atoms with Crippen LogP contribution in [0, 0.1) is 5.92 Å². The van der Waals surface area contributed by atoms with Gasteiger partial charge in [-0.2, -0.15) is 0 Å². The van der Waals surface area contributed by atoms with Gasteiger partial charge in [0.15, 0.2) is 0 Å². The average molecular weight is 321 g/mol. The molecule has 3 rings (SSSR count). The minimum atomic E-state index is -0.261. The molecule has 2 atom stereocenters. The van der Waals surface area contributed by atoms with Crippen LogP contribution in [0.4, 0.5) is 0 Å². The van der Waals surface area contributed by atoms with Crippen molar-refractivity contribution in [1.82, 2.24) is 15.1 Å². The number of likely N-dealkylation sites (tertiary alicyclic amines) is 2. The highest BCUT2D eigenvalue weighted by Crippen LogP contribution is 2.26. The summed E-state index contributed by atoms with van der Waals surface area (Å²) in [5.74, 6) is 0.689. The number of nitrogens with zero attached hydrogens (tertiary/aromatic N) is 2. The molecule has 0 spiro atoms. The van der Waals surface area contributed by atoms with Crippen LogP contribution in [0.25, 0.3) is 0 Å². The molecule has 1 aromatic heterocycles. The van der Waals surface area contributed by atoms with E-state index < -0.39 is 0 Å². The first-order chi connectivity index (χ1) is 10.7. The van der Waals surface area contributed by atoms with E-state index in [1.807, 2.05) is 29.5 Å². The van der Waals surface area contributed by atoms with Crippen LogP contribution in [-0.2, 0) is 4.79 Å². The van der Waals surface area contributed by atoms with Crippen molar-refractivity contribution in [1.29, 1.82) is 0 Å².